The lowest BCUT2D eigenvalue weighted by Gasteiger charge is -2.13. The molecule has 1 unspecified atom stereocenters. The summed E-state index contributed by atoms with van der Waals surface area (Å²) in [5.74, 6) is 1.25. The molecule has 6 heteroatoms. The van der Waals surface area contributed by atoms with Gasteiger partial charge in [0, 0.05) is 17.3 Å². The van der Waals surface area contributed by atoms with Crippen molar-refractivity contribution in [1.82, 2.24) is 5.32 Å². The number of ether oxygens (including phenoxy) is 2. The number of hydrogen-bond acceptors (Lipinski definition) is 4. The molecule has 0 aliphatic carbocycles. The summed E-state index contributed by atoms with van der Waals surface area (Å²) in [4.78, 5) is 12.4. The van der Waals surface area contributed by atoms with Crippen molar-refractivity contribution in [1.29, 1.82) is 0 Å². The Morgan fingerprint density at radius 3 is 2.50 bits per heavy atom. The second kappa shape index (κ2) is 12.9. The number of unbranched alkanes of at least 4 members (excludes halogenated alkanes) is 3. The molecular weight excluding hydrogens is 396 g/mol. The third-order valence-corrected chi connectivity index (χ3v) is 4.82. The lowest BCUT2D eigenvalue weighted by Crippen LogP contribution is -2.34. The maximum atomic E-state index is 12.4. The Morgan fingerprint density at radius 1 is 1.03 bits per heavy atom. The van der Waals surface area contributed by atoms with E-state index in [1.165, 1.54) is 19.3 Å². The number of amides is 1. The van der Waals surface area contributed by atoms with Crippen LogP contribution in [0.3, 0.4) is 0 Å². The first kappa shape index (κ1) is 23.7. The first-order valence-corrected chi connectivity index (χ1v) is 11.0. The van der Waals surface area contributed by atoms with E-state index in [-0.39, 0.29) is 17.1 Å². The lowest BCUT2D eigenvalue weighted by molar-refractivity contribution is 0.0977. The van der Waals surface area contributed by atoms with Gasteiger partial charge in [-0.2, -0.15) is 0 Å². The van der Waals surface area contributed by atoms with E-state index in [1.807, 2.05) is 31.2 Å². The zero-order valence-corrected chi connectivity index (χ0v) is 18.9. The number of rotatable bonds is 11. The fourth-order valence-electron chi connectivity index (χ4n) is 2.72. The van der Waals surface area contributed by atoms with E-state index in [1.54, 1.807) is 24.3 Å². The number of anilines is 1. The van der Waals surface area contributed by atoms with Gasteiger partial charge in [-0.15, -0.1) is 0 Å². The van der Waals surface area contributed by atoms with Gasteiger partial charge in [-0.25, -0.2) is 0 Å². The molecular formula is C24H32N2O3S. The van der Waals surface area contributed by atoms with Crippen LogP contribution in [-0.2, 0) is 0 Å². The molecule has 0 radical (unpaired) electrons. The van der Waals surface area contributed by atoms with Crippen molar-refractivity contribution in [3.63, 3.8) is 0 Å². The number of thiocarbonyl (C=S) groups is 1. The van der Waals surface area contributed by atoms with Crippen molar-refractivity contribution in [3.8, 4) is 11.5 Å². The van der Waals surface area contributed by atoms with Crippen LogP contribution in [-0.4, -0.2) is 23.7 Å². The smallest absolute Gasteiger partial charge is 0.257 e. The summed E-state index contributed by atoms with van der Waals surface area (Å²) in [7, 11) is 0. The van der Waals surface area contributed by atoms with Crippen molar-refractivity contribution in [2.75, 3.05) is 11.9 Å². The van der Waals surface area contributed by atoms with Gasteiger partial charge in [0.2, 0.25) is 0 Å². The third-order valence-electron chi connectivity index (χ3n) is 4.61. The molecule has 2 aromatic carbocycles. The first-order chi connectivity index (χ1) is 14.5. The maximum absolute atomic E-state index is 12.4. The minimum atomic E-state index is -0.272. The molecule has 0 saturated carbocycles. The Bertz CT molecular complexity index is 808. The molecule has 0 heterocycles. The predicted molar refractivity (Wildman–Crippen MR) is 127 cm³/mol. The molecule has 1 atom stereocenters. The van der Waals surface area contributed by atoms with E-state index < -0.39 is 0 Å². The molecule has 2 aromatic rings. The summed E-state index contributed by atoms with van der Waals surface area (Å²) < 4.78 is 11.5. The van der Waals surface area contributed by atoms with E-state index >= 15 is 0 Å². The van der Waals surface area contributed by atoms with Gasteiger partial charge < -0.3 is 14.8 Å². The molecule has 30 heavy (non-hydrogen) atoms. The van der Waals surface area contributed by atoms with Crippen LogP contribution in [0.2, 0.25) is 0 Å². The quantitative estimate of drug-likeness (QED) is 0.342. The van der Waals surface area contributed by atoms with Crippen molar-refractivity contribution in [2.45, 2.75) is 59.0 Å². The normalized spacial score (nSPS) is 11.4. The van der Waals surface area contributed by atoms with Gasteiger partial charge >= 0.3 is 0 Å². The second-order valence-corrected chi connectivity index (χ2v) is 7.61. The van der Waals surface area contributed by atoms with Gasteiger partial charge in [-0.3, -0.25) is 10.1 Å². The second-order valence-electron chi connectivity index (χ2n) is 7.21. The largest absolute Gasteiger partial charge is 0.494 e. The van der Waals surface area contributed by atoms with Crippen LogP contribution < -0.4 is 20.1 Å². The molecule has 0 spiro atoms. The fraction of sp³-hybridized carbons (Fsp3) is 0.417. The number of carbonyl (C=O) groups is 1. The average Bonchev–Trinajstić information content (AvgIpc) is 2.74. The highest BCUT2D eigenvalue weighted by Gasteiger charge is 2.09. The van der Waals surface area contributed by atoms with Crippen molar-refractivity contribution < 1.29 is 14.3 Å². The molecule has 0 aliphatic rings. The Balaban J connectivity index is 1.83. The Labute approximate surface area is 185 Å². The van der Waals surface area contributed by atoms with Gasteiger partial charge in [0.15, 0.2) is 5.11 Å². The number of hydrogen-bond donors (Lipinski definition) is 2. The van der Waals surface area contributed by atoms with E-state index in [0.717, 1.165) is 30.0 Å². The number of benzene rings is 2. The summed E-state index contributed by atoms with van der Waals surface area (Å²) in [6.07, 6.45) is 5.71. The van der Waals surface area contributed by atoms with Crippen molar-refractivity contribution >= 4 is 28.9 Å². The minimum absolute atomic E-state index is 0.137. The van der Waals surface area contributed by atoms with Gasteiger partial charge in [0.25, 0.3) is 5.91 Å². The van der Waals surface area contributed by atoms with Gasteiger partial charge in [0.1, 0.15) is 11.5 Å². The SMILES string of the molecule is CCCCCCOc1cccc(NC(=S)NC(=O)c2ccc(OC(C)CC)cc2)c1. The van der Waals surface area contributed by atoms with Gasteiger partial charge in [-0.05, 0) is 68.4 Å². The highest BCUT2D eigenvalue weighted by Crippen LogP contribution is 2.18. The molecule has 2 N–H and O–H groups in total. The molecule has 162 valence electrons. The van der Waals surface area contributed by atoms with Gasteiger partial charge in [0.05, 0.1) is 12.7 Å². The standard InChI is InChI=1S/C24H32N2O3S/c1-4-6-7-8-16-28-22-11-9-10-20(17-22)25-24(30)26-23(27)19-12-14-21(15-13-19)29-18(3)5-2/h9-15,17-18H,4-8,16H2,1-3H3,(H2,25,26,27,30). The number of carbonyl (C=O) groups excluding carboxylic acids is 1. The summed E-state index contributed by atoms with van der Waals surface area (Å²) in [6, 6.07) is 14.6. The first-order valence-electron chi connectivity index (χ1n) is 10.6. The molecule has 0 aliphatic heterocycles. The zero-order chi connectivity index (χ0) is 21.8. The summed E-state index contributed by atoms with van der Waals surface area (Å²) >= 11 is 5.28. The molecule has 0 bridgehead atoms. The lowest BCUT2D eigenvalue weighted by atomic mass is 10.2. The summed E-state index contributed by atoms with van der Waals surface area (Å²) in [5.41, 5.74) is 1.28. The minimum Gasteiger partial charge on any atom is -0.494 e. The Morgan fingerprint density at radius 2 is 1.80 bits per heavy atom. The number of nitrogens with one attached hydrogen (secondary N) is 2. The van der Waals surface area contributed by atoms with Crippen molar-refractivity contribution in [3.05, 3.63) is 54.1 Å². The van der Waals surface area contributed by atoms with Crippen LogP contribution in [0.4, 0.5) is 5.69 Å². The zero-order valence-electron chi connectivity index (χ0n) is 18.1. The van der Waals surface area contributed by atoms with Crippen LogP contribution in [0.25, 0.3) is 0 Å². The monoisotopic (exact) mass is 428 g/mol. The van der Waals surface area contributed by atoms with Crippen LogP contribution >= 0.6 is 12.2 Å². The van der Waals surface area contributed by atoms with Crippen LogP contribution in [0, 0.1) is 0 Å². The molecule has 0 aromatic heterocycles. The van der Waals surface area contributed by atoms with E-state index in [0.29, 0.717) is 12.2 Å². The molecule has 0 fully saturated rings. The highest BCUT2D eigenvalue weighted by atomic mass is 32.1. The predicted octanol–water partition coefficient (Wildman–Crippen LogP) is 5.95. The van der Waals surface area contributed by atoms with E-state index in [4.69, 9.17) is 21.7 Å². The van der Waals surface area contributed by atoms with Crippen molar-refractivity contribution in [2.24, 2.45) is 0 Å². The van der Waals surface area contributed by atoms with Crippen LogP contribution in [0.5, 0.6) is 11.5 Å². The molecule has 5 nitrogen and oxygen atoms in total. The van der Waals surface area contributed by atoms with E-state index in [9.17, 15) is 4.79 Å². The molecule has 1 amide bonds. The van der Waals surface area contributed by atoms with Crippen LogP contribution in [0.15, 0.2) is 48.5 Å². The molecule has 0 saturated heterocycles. The molecule has 2 rings (SSSR count). The highest BCUT2D eigenvalue weighted by molar-refractivity contribution is 7.80. The van der Waals surface area contributed by atoms with Gasteiger partial charge in [-0.1, -0.05) is 39.2 Å². The average molecular weight is 429 g/mol. The summed E-state index contributed by atoms with van der Waals surface area (Å²) in [5, 5.41) is 5.97. The Hall–Kier alpha value is -2.60. The Kier molecular flexibility index (Phi) is 10.1. The fourth-order valence-corrected chi connectivity index (χ4v) is 2.93. The third kappa shape index (κ3) is 8.41. The van der Waals surface area contributed by atoms with E-state index in [2.05, 4.69) is 24.5 Å². The van der Waals surface area contributed by atoms with Crippen LogP contribution in [0.1, 0.15) is 63.2 Å². The maximum Gasteiger partial charge on any atom is 0.257 e. The topological polar surface area (TPSA) is 59.6 Å². The summed E-state index contributed by atoms with van der Waals surface area (Å²) in [6.45, 7) is 6.96.